The van der Waals surface area contributed by atoms with Crippen molar-refractivity contribution >= 4 is 30.0 Å². The SMILES string of the molecule is COC(=O)CCc1ccc(N2CCc3ccc(C4CCNCC4)cc3C2=O)cc1.Cl. The molecule has 5 nitrogen and oxygen atoms in total. The van der Waals surface area contributed by atoms with Gasteiger partial charge in [0.15, 0.2) is 0 Å². The number of carbonyl (C=O) groups is 2. The maximum atomic E-state index is 13.2. The van der Waals surface area contributed by atoms with Gasteiger partial charge in [0.2, 0.25) is 0 Å². The molecule has 2 heterocycles. The molecule has 6 heteroatoms. The van der Waals surface area contributed by atoms with Crippen LogP contribution < -0.4 is 10.2 Å². The van der Waals surface area contributed by atoms with Gasteiger partial charge >= 0.3 is 5.97 Å². The minimum atomic E-state index is -0.207. The minimum absolute atomic E-state index is 0. The Balaban J connectivity index is 0.00000256. The summed E-state index contributed by atoms with van der Waals surface area (Å²) in [5.41, 5.74) is 5.27. The van der Waals surface area contributed by atoms with Crippen molar-refractivity contribution in [1.29, 1.82) is 0 Å². The van der Waals surface area contributed by atoms with Crippen molar-refractivity contribution in [3.63, 3.8) is 0 Å². The molecule has 160 valence electrons. The molecule has 0 aromatic heterocycles. The summed E-state index contributed by atoms with van der Waals surface area (Å²) in [4.78, 5) is 26.4. The van der Waals surface area contributed by atoms with Crippen LogP contribution in [-0.4, -0.2) is 38.6 Å². The first-order valence-electron chi connectivity index (χ1n) is 10.5. The van der Waals surface area contributed by atoms with E-state index in [9.17, 15) is 9.59 Å². The van der Waals surface area contributed by atoms with Crippen LogP contribution in [0.4, 0.5) is 5.69 Å². The second-order valence-corrected chi connectivity index (χ2v) is 7.89. The lowest BCUT2D eigenvalue weighted by Gasteiger charge is -2.30. The van der Waals surface area contributed by atoms with Crippen LogP contribution in [-0.2, 0) is 22.4 Å². The van der Waals surface area contributed by atoms with E-state index < -0.39 is 0 Å². The first-order valence-corrected chi connectivity index (χ1v) is 10.5. The highest BCUT2D eigenvalue weighted by molar-refractivity contribution is 6.08. The Bertz CT molecular complexity index is 892. The van der Waals surface area contributed by atoms with Crippen molar-refractivity contribution < 1.29 is 14.3 Å². The molecule has 1 fully saturated rings. The summed E-state index contributed by atoms with van der Waals surface area (Å²) >= 11 is 0. The van der Waals surface area contributed by atoms with Gasteiger partial charge in [-0.3, -0.25) is 9.59 Å². The van der Waals surface area contributed by atoms with E-state index in [1.165, 1.54) is 12.7 Å². The highest BCUT2D eigenvalue weighted by atomic mass is 35.5. The Labute approximate surface area is 184 Å². The topological polar surface area (TPSA) is 58.6 Å². The second kappa shape index (κ2) is 10.1. The van der Waals surface area contributed by atoms with E-state index >= 15 is 0 Å². The molecule has 0 unspecified atom stereocenters. The summed E-state index contributed by atoms with van der Waals surface area (Å²) in [6.45, 7) is 2.79. The van der Waals surface area contributed by atoms with Crippen molar-refractivity contribution in [2.75, 3.05) is 31.6 Å². The summed E-state index contributed by atoms with van der Waals surface area (Å²) in [5.74, 6) is 0.421. The third-order valence-corrected chi connectivity index (χ3v) is 6.12. The molecule has 2 aromatic carbocycles. The van der Waals surface area contributed by atoms with Crippen LogP contribution in [0.2, 0.25) is 0 Å². The first kappa shape index (κ1) is 22.3. The molecule has 2 aliphatic rings. The van der Waals surface area contributed by atoms with Gasteiger partial charge in [-0.15, -0.1) is 12.4 Å². The van der Waals surface area contributed by atoms with Gasteiger partial charge in [-0.05, 0) is 79.6 Å². The zero-order valence-corrected chi connectivity index (χ0v) is 18.2. The molecule has 0 aliphatic carbocycles. The maximum absolute atomic E-state index is 13.2. The zero-order chi connectivity index (χ0) is 20.2. The number of halogens is 1. The standard InChI is InChI=1S/C24H28N2O3.ClH/c1-29-23(27)9-4-17-2-7-21(8-3-17)26-15-12-19-5-6-20(16-22(19)24(26)28)18-10-13-25-14-11-18;/h2-3,5-8,16,18,25H,4,9-15H2,1H3;1H. The summed E-state index contributed by atoms with van der Waals surface area (Å²) in [5, 5.41) is 3.41. The third-order valence-electron chi connectivity index (χ3n) is 6.12. The molecule has 2 aromatic rings. The zero-order valence-electron chi connectivity index (χ0n) is 17.4. The summed E-state index contributed by atoms with van der Waals surface area (Å²) in [6.07, 6.45) is 4.14. The number of methoxy groups -OCH3 is 1. The number of benzene rings is 2. The molecule has 0 saturated carbocycles. The molecule has 1 saturated heterocycles. The number of ether oxygens (including phenoxy) is 1. The first-order chi connectivity index (χ1) is 14.2. The fourth-order valence-electron chi connectivity index (χ4n) is 4.34. The van der Waals surface area contributed by atoms with Crippen molar-refractivity contribution in [1.82, 2.24) is 5.32 Å². The molecular weight excluding hydrogens is 400 g/mol. The number of aryl methyl sites for hydroxylation is 1. The molecule has 0 atom stereocenters. The Morgan fingerprint density at radius 2 is 1.87 bits per heavy atom. The van der Waals surface area contributed by atoms with Gasteiger partial charge in [0.25, 0.3) is 5.91 Å². The molecule has 2 aliphatic heterocycles. The molecule has 30 heavy (non-hydrogen) atoms. The number of nitrogens with zero attached hydrogens (tertiary/aromatic N) is 1. The fourth-order valence-corrected chi connectivity index (χ4v) is 4.34. The summed E-state index contributed by atoms with van der Waals surface area (Å²) in [6, 6.07) is 14.4. The highest BCUT2D eigenvalue weighted by Crippen LogP contribution is 2.30. The molecule has 0 radical (unpaired) electrons. The van der Waals surface area contributed by atoms with Crippen molar-refractivity contribution in [3.05, 3.63) is 64.7 Å². The van der Waals surface area contributed by atoms with E-state index in [1.54, 1.807) is 0 Å². The number of rotatable bonds is 5. The van der Waals surface area contributed by atoms with Gasteiger partial charge < -0.3 is 15.0 Å². The predicted molar refractivity (Wildman–Crippen MR) is 121 cm³/mol. The van der Waals surface area contributed by atoms with Crippen molar-refractivity contribution in [3.8, 4) is 0 Å². The van der Waals surface area contributed by atoms with Crippen LogP contribution in [0.3, 0.4) is 0 Å². The Morgan fingerprint density at radius 3 is 2.57 bits per heavy atom. The molecule has 0 bridgehead atoms. The number of piperidine rings is 1. The van der Waals surface area contributed by atoms with Crippen LogP contribution in [0, 0.1) is 0 Å². The second-order valence-electron chi connectivity index (χ2n) is 7.89. The lowest BCUT2D eigenvalue weighted by molar-refractivity contribution is -0.140. The van der Waals surface area contributed by atoms with E-state index in [0.717, 1.165) is 54.7 Å². The van der Waals surface area contributed by atoms with Gasteiger partial charge in [-0.25, -0.2) is 0 Å². The molecule has 0 spiro atoms. The Kier molecular flexibility index (Phi) is 7.51. The smallest absolute Gasteiger partial charge is 0.305 e. The minimum Gasteiger partial charge on any atom is -0.469 e. The predicted octanol–water partition coefficient (Wildman–Crippen LogP) is 3.88. The fraction of sp³-hybridized carbons (Fsp3) is 0.417. The number of hydrogen-bond acceptors (Lipinski definition) is 4. The monoisotopic (exact) mass is 428 g/mol. The van der Waals surface area contributed by atoms with E-state index in [4.69, 9.17) is 4.74 Å². The number of esters is 1. The van der Waals surface area contributed by atoms with Crippen LogP contribution in [0.5, 0.6) is 0 Å². The third kappa shape index (κ3) is 4.85. The maximum Gasteiger partial charge on any atom is 0.305 e. The van der Waals surface area contributed by atoms with Crippen molar-refractivity contribution in [2.45, 2.75) is 38.0 Å². The normalized spacial score (nSPS) is 16.6. The van der Waals surface area contributed by atoms with Gasteiger partial charge in [0.05, 0.1) is 7.11 Å². The van der Waals surface area contributed by atoms with Crippen molar-refractivity contribution in [2.24, 2.45) is 0 Å². The molecule has 4 rings (SSSR count). The van der Waals surface area contributed by atoms with E-state index in [-0.39, 0.29) is 24.3 Å². The van der Waals surface area contributed by atoms with Gasteiger partial charge in [-0.1, -0.05) is 24.3 Å². The molecule has 1 N–H and O–H groups in total. The van der Waals surface area contributed by atoms with Crippen LogP contribution in [0.1, 0.15) is 52.2 Å². The lowest BCUT2D eigenvalue weighted by Crippen LogP contribution is -2.37. The van der Waals surface area contributed by atoms with Gasteiger partial charge in [0, 0.05) is 24.2 Å². The molecule has 1 amide bonds. The van der Waals surface area contributed by atoms with Crippen LogP contribution in [0.25, 0.3) is 0 Å². The average molecular weight is 429 g/mol. The lowest BCUT2D eigenvalue weighted by atomic mass is 9.86. The number of anilines is 1. The number of amides is 1. The largest absolute Gasteiger partial charge is 0.469 e. The van der Waals surface area contributed by atoms with Crippen LogP contribution in [0.15, 0.2) is 42.5 Å². The highest BCUT2D eigenvalue weighted by Gasteiger charge is 2.27. The summed E-state index contributed by atoms with van der Waals surface area (Å²) < 4.78 is 4.70. The summed E-state index contributed by atoms with van der Waals surface area (Å²) in [7, 11) is 1.40. The Morgan fingerprint density at radius 1 is 1.13 bits per heavy atom. The quantitative estimate of drug-likeness (QED) is 0.734. The van der Waals surface area contributed by atoms with E-state index in [2.05, 4.69) is 23.5 Å². The Hall–Kier alpha value is -2.37. The van der Waals surface area contributed by atoms with Gasteiger partial charge in [-0.2, -0.15) is 0 Å². The van der Waals surface area contributed by atoms with Crippen LogP contribution >= 0.6 is 12.4 Å². The average Bonchev–Trinajstić information content (AvgIpc) is 2.78. The number of nitrogens with one attached hydrogen (secondary N) is 1. The van der Waals surface area contributed by atoms with E-state index in [1.807, 2.05) is 29.2 Å². The number of carbonyl (C=O) groups excluding carboxylic acids is 2. The van der Waals surface area contributed by atoms with Gasteiger partial charge in [0.1, 0.15) is 0 Å². The molecular formula is C24H29ClN2O3. The number of hydrogen-bond donors (Lipinski definition) is 1. The van der Waals surface area contributed by atoms with E-state index in [0.29, 0.717) is 25.3 Å². The number of fused-ring (bicyclic) bond motifs is 1.